The first-order chi connectivity index (χ1) is 11.6. The Morgan fingerprint density at radius 2 is 2.12 bits per heavy atom. The maximum absolute atomic E-state index is 13.0. The van der Waals surface area contributed by atoms with Gasteiger partial charge in [-0.05, 0) is 24.1 Å². The monoisotopic (exact) mass is 345 g/mol. The van der Waals surface area contributed by atoms with Crippen LogP contribution in [0.2, 0.25) is 0 Å². The van der Waals surface area contributed by atoms with Crippen molar-refractivity contribution in [2.75, 3.05) is 13.1 Å². The molecule has 2 atom stereocenters. The number of nitrogens with zero attached hydrogens (tertiary/aromatic N) is 3. The van der Waals surface area contributed by atoms with Crippen LogP contribution < -0.4 is 0 Å². The molecule has 1 N–H and O–H groups in total. The van der Waals surface area contributed by atoms with Gasteiger partial charge in [0.05, 0.1) is 6.10 Å². The Balaban J connectivity index is 1.48. The Morgan fingerprint density at radius 1 is 1.33 bits per heavy atom. The van der Waals surface area contributed by atoms with E-state index in [0.717, 1.165) is 10.5 Å². The predicted molar refractivity (Wildman–Crippen MR) is 88.7 cm³/mol. The first-order valence-corrected chi connectivity index (χ1v) is 8.65. The quantitative estimate of drug-likeness (QED) is 0.776. The van der Waals surface area contributed by atoms with Gasteiger partial charge in [-0.25, -0.2) is 9.37 Å². The smallest absolute Gasteiger partial charge is 0.274 e. The third-order valence-electron chi connectivity index (χ3n) is 4.48. The molecular weight excluding hydrogens is 329 g/mol. The van der Waals surface area contributed by atoms with E-state index in [-0.39, 0.29) is 24.2 Å². The van der Waals surface area contributed by atoms with Crippen LogP contribution in [0.4, 0.5) is 4.39 Å². The Morgan fingerprint density at radius 3 is 2.83 bits per heavy atom. The van der Waals surface area contributed by atoms with Gasteiger partial charge < -0.3 is 10.0 Å². The molecule has 2 aromatic heterocycles. The van der Waals surface area contributed by atoms with Crippen molar-refractivity contribution >= 4 is 22.2 Å². The van der Waals surface area contributed by atoms with E-state index < -0.39 is 6.10 Å². The highest BCUT2D eigenvalue weighted by molar-refractivity contribution is 7.15. The van der Waals surface area contributed by atoms with Crippen LogP contribution in [0.1, 0.15) is 28.4 Å². The number of aliphatic hydroxyl groups is 1. The molecule has 1 aliphatic heterocycles. The third kappa shape index (κ3) is 2.70. The number of carbonyl (C=O) groups excluding carboxylic acids is 1. The van der Waals surface area contributed by atoms with Gasteiger partial charge in [-0.1, -0.05) is 12.1 Å². The van der Waals surface area contributed by atoms with Crippen LogP contribution in [0.3, 0.4) is 0 Å². The number of carbonyl (C=O) groups is 1. The lowest BCUT2D eigenvalue weighted by atomic mass is 9.87. The van der Waals surface area contributed by atoms with Gasteiger partial charge >= 0.3 is 0 Å². The fourth-order valence-electron chi connectivity index (χ4n) is 3.21. The average Bonchev–Trinajstić information content (AvgIpc) is 3.17. The largest absolute Gasteiger partial charge is 0.391 e. The Labute approximate surface area is 142 Å². The first-order valence-electron chi connectivity index (χ1n) is 7.77. The lowest BCUT2D eigenvalue weighted by molar-refractivity contribution is 0.0378. The summed E-state index contributed by atoms with van der Waals surface area (Å²) < 4.78 is 14.9. The van der Waals surface area contributed by atoms with Crippen molar-refractivity contribution in [1.82, 2.24) is 14.3 Å². The molecule has 0 aliphatic carbocycles. The zero-order chi connectivity index (χ0) is 16.7. The average molecular weight is 345 g/mol. The topological polar surface area (TPSA) is 57.8 Å². The molecule has 0 radical (unpaired) electrons. The first kappa shape index (κ1) is 15.3. The Kier molecular flexibility index (Phi) is 3.82. The minimum Gasteiger partial charge on any atom is -0.391 e. The standard InChI is InChI=1S/C17H16FN3O2S/c18-12-3-1-11(2-4-12)13-5-6-20(10-15(13)22)16(23)14-9-21-7-8-24-17(21)19-14/h1-4,7-9,13,15,22H,5-6,10H2/t13-,15+/m0/s1. The number of imidazole rings is 1. The second kappa shape index (κ2) is 5.99. The van der Waals surface area contributed by atoms with E-state index in [1.165, 1.54) is 23.5 Å². The van der Waals surface area contributed by atoms with Crippen molar-refractivity contribution in [3.8, 4) is 0 Å². The summed E-state index contributed by atoms with van der Waals surface area (Å²) in [4.78, 5) is 19.3. The molecule has 0 saturated carbocycles. The predicted octanol–water partition coefficient (Wildman–Crippen LogP) is 2.53. The third-order valence-corrected chi connectivity index (χ3v) is 5.25. The van der Waals surface area contributed by atoms with E-state index in [2.05, 4.69) is 4.98 Å². The van der Waals surface area contributed by atoms with Crippen molar-refractivity contribution in [3.63, 3.8) is 0 Å². The number of piperidine rings is 1. The molecule has 3 heterocycles. The van der Waals surface area contributed by atoms with Gasteiger partial charge in [0.15, 0.2) is 4.96 Å². The van der Waals surface area contributed by atoms with E-state index >= 15 is 0 Å². The van der Waals surface area contributed by atoms with Gasteiger partial charge in [0, 0.05) is 36.8 Å². The van der Waals surface area contributed by atoms with Gasteiger partial charge in [0.1, 0.15) is 11.5 Å². The number of rotatable bonds is 2. The molecule has 0 bridgehead atoms. The number of hydrogen-bond acceptors (Lipinski definition) is 4. The molecule has 1 aliphatic rings. The molecular formula is C17H16FN3O2S. The summed E-state index contributed by atoms with van der Waals surface area (Å²) in [6.07, 6.45) is 3.55. The number of aliphatic hydroxyl groups excluding tert-OH is 1. The SMILES string of the molecule is O=C(c1cn2ccsc2n1)N1CC[C@@H](c2ccc(F)cc2)[C@H](O)C1. The molecule has 124 valence electrons. The number of hydrogen-bond donors (Lipinski definition) is 1. The summed E-state index contributed by atoms with van der Waals surface area (Å²) in [5, 5.41) is 12.4. The van der Waals surface area contributed by atoms with Crippen LogP contribution in [0.15, 0.2) is 42.0 Å². The molecule has 24 heavy (non-hydrogen) atoms. The van der Waals surface area contributed by atoms with Crippen LogP contribution >= 0.6 is 11.3 Å². The van der Waals surface area contributed by atoms with Gasteiger partial charge in [-0.15, -0.1) is 11.3 Å². The highest BCUT2D eigenvalue weighted by Gasteiger charge is 2.32. The zero-order valence-corrected chi connectivity index (χ0v) is 13.6. The fraction of sp³-hybridized carbons (Fsp3) is 0.294. The van der Waals surface area contributed by atoms with Gasteiger partial charge in [0.25, 0.3) is 5.91 Å². The number of halogens is 1. The molecule has 5 nitrogen and oxygen atoms in total. The lowest BCUT2D eigenvalue weighted by Gasteiger charge is -2.35. The second-order valence-electron chi connectivity index (χ2n) is 5.98. The van der Waals surface area contributed by atoms with Crippen LogP contribution in [-0.4, -0.2) is 44.5 Å². The van der Waals surface area contributed by atoms with E-state index in [9.17, 15) is 14.3 Å². The molecule has 1 amide bonds. The Hall–Kier alpha value is -2.25. The van der Waals surface area contributed by atoms with E-state index in [1.807, 2.05) is 16.0 Å². The number of aromatic nitrogens is 2. The zero-order valence-electron chi connectivity index (χ0n) is 12.8. The molecule has 1 aromatic carbocycles. The van der Waals surface area contributed by atoms with Gasteiger partial charge in [0.2, 0.25) is 0 Å². The lowest BCUT2D eigenvalue weighted by Crippen LogP contribution is -2.45. The summed E-state index contributed by atoms with van der Waals surface area (Å²) in [7, 11) is 0. The van der Waals surface area contributed by atoms with Crippen molar-refractivity contribution in [2.45, 2.75) is 18.4 Å². The van der Waals surface area contributed by atoms with Crippen molar-refractivity contribution < 1.29 is 14.3 Å². The molecule has 4 rings (SSSR count). The van der Waals surface area contributed by atoms with Crippen molar-refractivity contribution in [1.29, 1.82) is 0 Å². The molecule has 0 unspecified atom stereocenters. The van der Waals surface area contributed by atoms with E-state index in [0.29, 0.717) is 18.7 Å². The highest BCUT2D eigenvalue weighted by Crippen LogP contribution is 2.29. The van der Waals surface area contributed by atoms with Crippen molar-refractivity contribution in [3.05, 3.63) is 59.1 Å². The maximum atomic E-state index is 13.0. The van der Waals surface area contributed by atoms with Crippen LogP contribution in [0, 0.1) is 5.82 Å². The van der Waals surface area contributed by atoms with Crippen LogP contribution in [-0.2, 0) is 0 Å². The summed E-state index contributed by atoms with van der Waals surface area (Å²) in [5.41, 5.74) is 1.30. The number of amides is 1. The van der Waals surface area contributed by atoms with Gasteiger partial charge in [-0.2, -0.15) is 0 Å². The molecule has 3 aromatic rings. The number of likely N-dealkylation sites (tertiary alicyclic amines) is 1. The van der Waals surface area contributed by atoms with Gasteiger partial charge in [-0.3, -0.25) is 9.20 Å². The number of thiazole rings is 1. The summed E-state index contributed by atoms with van der Waals surface area (Å²) in [6.45, 7) is 0.801. The molecule has 7 heteroatoms. The number of fused-ring (bicyclic) bond motifs is 1. The summed E-state index contributed by atoms with van der Waals surface area (Å²) in [5.74, 6) is -0.539. The van der Waals surface area contributed by atoms with Crippen LogP contribution in [0.25, 0.3) is 4.96 Å². The number of benzene rings is 1. The second-order valence-corrected chi connectivity index (χ2v) is 6.86. The fourth-order valence-corrected chi connectivity index (χ4v) is 3.91. The van der Waals surface area contributed by atoms with Crippen molar-refractivity contribution in [2.24, 2.45) is 0 Å². The maximum Gasteiger partial charge on any atom is 0.274 e. The normalized spacial score (nSPS) is 21.3. The molecule has 1 fully saturated rings. The summed E-state index contributed by atoms with van der Waals surface area (Å²) >= 11 is 1.47. The van der Waals surface area contributed by atoms with Crippen LogP contribution in [0.5, 0.6) is 0 Å². The minimum absolute atomic E-state index is 0.0832. The van der Waals surface area contributed by atoms with E-state index in [1.54, 1.807) is 23.2 Å². The van der Waals surface area contributed by atoms with E-state index in [4.69, 9.17) is 0 Å². The summed E-state index contributed by atoms with van der Waals surface area (Å²) in [6, 6.07) is 6.20. The highest BCUT2D eigenvalue weighted by atomic mass is 32.1. The minimum atomic E-state index is -0.670. The molecule has 0 spiro atoms. The molecule has 1 saturated heterocycles. The number of β-amino-alcohol motifs (C(OH)–C–C–N with tert-alkyl or cyclic N) is 1. The Bertz CT molecular complexity index is 845.